The number of nitrogens with one attached hydrogen (secondary N) is 1. The molecule has 0 saturated heterocycles. The molecule has 0 aromatic heterocycles. The van der Waals surface area contributed by atoms with Gasteiger partial charge in [0.25, 0.3) is 0 Å². The number of halogens is 1. The van der Waals surface area contributed by atoms with Crippen molar-refractivity contribution < 1.29 is 9.47 Å². The van der Waals surface area contributed by atoms with Crippen molar-refractivity contribution in [3.63, 3.8) is 0 Å². The smallest absolute Gasteiger partial charge is 0.231 e. The van der Waals surface area contributed by atoms with Crippen LogP contribution in [0.2, 0.25) is 0 Å². The van der Waals surface area contributed by atoms with Crippen LogP contribution >= 0.6 is 15.9 Å². The van der Waals surface area contributed by atoms with Gasteiger partial charge in [-0.05, 0) is 42.3 Å². The Morgan fingerprint density at radius 1 is 1.15 bits per heavy atom. The molecule has 1 unspecified atom stereocenters. The van der Waals surface area contributed by atoms with Crippen LogP contribution in [0.3, 0.4) is 0 Å². The number of benzene rings is 2. The van der Waals surface area contributed by atoms with E-state index in [1.807, 2.05) is 24.3 Å². The summed E-state index contributed by atoms with van der Waals surface area (Å²) in [5.41, 5.74) is 2.45. The van der Waals surface area contributed by atoms with Crippen molar-refractivity contribution in [1.29, 1.82) is 0 Å². The molecule has 0 spiro atoms. The molecule has 0 fully saturated rings. The van der Waals surface area contributed by atoms with Crippen LogP contribution in [-0.4, -0.2) is 6.79 Å². The lowest BCUT2D eigenvalue weighted by Gasteiger charge is -2.15. The molecule has 0 saturated carbocycles. The first-order chi connectivity index (χ1) is 9.72. The SMILES string of the molecule is CC(NCc1cccc(Br)c1)c1ccc2c(c1)OCO2. The van der Waals surface area contributed by atoms with Crippen LogP contribution in [0, 0.1) is 0 Å². The molecule has 3 nitrogen and oxygen atoms in total. The van der Waals surface area contributed by atoms with Crippen LogP contribution in [0.1, 0.15) is 24.1 Å². The maximum atomic E-state index is 5.41. The lowest BCUT2D eigenvalue weighted by Crippen LogP contribution is -2.18. The van der Waals surface area contributed by atoms with Crippen molar-refractivity contribution in [2.75, 3.05) is 6.79 Å². The number of hydrogen-bond donors (Lipinski definition) is 1. The second kappa shape index (κ2) is 5.85. The Morgan fingerprint density at radius 3 is 2.85 bits per heavy atom. The van der Waals surface area contributed by atoms with Crippen molar-refractivity contribution in [1.82, 2.24) is 5.32 Å². The normalized spacial score (nSPS) is 14.3. The van der Waals surface area contributed by atoms with E-state index in [2.05, 4.69) is 46.4 Å². The van der Waals surface area contributed by atoms with Crippen molar-refractivity contribution in [2.45, 2.75) is 19.5 Å². The van der Waals surface area contributed by atoms with Crippen molar-refractivity contribution in [3.05, 3.63) is 58.1 Å². The molecule has 1 N–H and O–H groups in total. The summed E-state index contributed by atoms with van der Waals surface area (Å²) < 4.78 is 11.8. The molecule has 0 bridgehead atoms. The average Bonchev–Trinajstić information content (AvgIpc) is 2.92. The highest BCUT2D eigenvalue weighted by Gasteiger charge is 2.15. The Hall–Kier alpha value is -1.52. The van der Waals surface area contributed by atoms with Gasteiger partial charge >= 0.3 is 0 Å². The van der Waals surface area contributed by atoms with Crippen LogP contribution in [-0.2, 0) is 6.54 Å². The average molecular weight is 334 g/mol. The number of fused-ring (bicyclic) bond motifs is 1. The third kappa shape index (κ3) is 2.97. The van der Waals surface area contributed by atoms with E-state index in [-0.39, 0.29) is 6.04 Å². The third-order valence-corrected chi connectivity index (χ3v) is 3.89. The van der Waals surface area contributed by atoms with Crippen LogP contribution in [0.4, 0.5) is 0 Å². The van der Waals surface area contributed by atoms with Gasteiger partial charge in [0.1, 0.15) is 0 Å². The van der Waals surface area contributed by atoms with Crippen molar-refractivity contribution >= 4 is 15.9 Å². The topological polar surface area (TPSA) is 30.5 Å². The minimum absolute atomic E-state index is 0.253. The zero-order chi connectivity index (χ0) is 13.9. The zero-order valence-corrected chi connectivity index (χ0v) is 12.8. The first-order valence-electron chi connectivity index (χ1n) is 6.60. The fourth-order valence-electron chi connectivity index (χ4n) is 2.22. The molecule has 1 atom stereocenters. The fourth-order valence-corrected chi connectivity index (χ4v) is 2.66. The van der Waals surface area contributed by atoms with Gasteiger partial charge in [0.05, 0.1) is 0 Å². The standard InChI is InChI=1S/C16H16BrNO2/c1-11(18-9-12-3-2-4-14(17)7-12)13-5-6-15-16(8-13)20-10-19-15/h2-8,11,18H,9-10H2,1H3. The summed E-state index contributed by atoms with van der Waals surface area (Å²) in [5.74, 6) is 1.66. The van der Waals surface area contributed by atoms with E-state index >= 15 is 0 Å². The molecule has 3 rings (SSSR count). The molecule has 2 aromatic carbocycles. The molecule has 1 aliphatic rings. The fraction of sp³-hybridized carbons (Fsp3) is 0.250. The first kappa shape index (κ1) is 13.5. The van der Waals surface area contributed by atoms with Gasteiger partial charge in [-0.3, -0.25) is 0 Å². The monoisotopic (exact) mass is 333 g/mol. The molecule has 1 heterocycles. The highest BCUT2D eigenvalue weighted by Crippen LogP contribution is 2.34. The second-order valence-electron chi connectivity index (χ2n) is 4.85. The van der Waals surface area contributed by atoms with E-state index in [0.29, 0.717) is 6.79 Å². The summed E-state index contributed by atoms with van der Waals surface area (Å²) >= 11 is 3.49. The molecule has 104 valence electrons. The van der Waals surface area contributed by atoms with E-state index in [0.717, 1.165) is 22.5 Å². The molecular formula is C16H16BrNO2. The number of ether oxygens (including phenoxy) is 2. The second-order valence-corrected chi connectivity index (χ2v) is 5.76. The zero-order valence-electron chi connectivity index (χ0n) is 11.2. The Morgan fingerprint density at radius 2 is 2.00 bits per heavy atom. The lowest BCUT2D eigenvalue weighted by atomic mass is 10.1. The van der Waals surface area contributed by atoms with Gasteiger partial charge in [-0.25, -0.2) is 0 Å². The summed E-state index contributed by atoms with van der Waals surface area (Å²) in [6, 6.07) is 14.7. The minimum Gasteiger partial charge on any atom is -0.454 e. The van der Waals surface area contributed by atoms with Gasteiger partial charge in [0.2, 0.25) is 6.79 Å². The predicted molar refractivity (Wildman–Crippen MR) is 82.0 cm³/mol. The molecule has 1 aliphatic heterocycles. The minimum atomic E-state index is 0.253. The molecule has 0 radical (unpaired) electrons. The molecule has 20 heavy (non-hydrogen) atoms. The Bertz CT molecular complexity index is 615. The van der Waals surface area contributed by atoms with E-state index in [1.54, 1.807) is 0 Å². The maximum absolute atomic E-state index is 5.41. The number of rotatable bonds is 4. The van der Waals surface area contributed by atoms with Crippen LogP contribution in [0.15, 0.2) is 46.9 Å². The Labute approximate surface area is 127 Å². The predicted octanol–water partition coefficient (Wildman–Crippen LogP) is 4.03. The quantitative estimate of drug-likeness (QED) is 0.916. The highest BCUT2D eigenvalue weighted by atomic mass is 79.9. The first-order valence-corrected chi connectivity index (χ1v) is 7.39. The molecular weight excluding hydrogens is 318 g/mol. The van der Waals surface area contributed by atoms with Crippen molar-refractivity contribution in [3.8, 4) is 11.5 Å². The van der Waals surface area contributed by atoms with Gasteiger partial charge in [0, 0.05) is 17.1 Å². The van der Waals surface area contributed by atoms with E-state index in [9.17, 15) is 0 Å². The highest BCUT2D eigenvalue weighted by molar-refractivity contribution is 9.10. The van der Waals surface area contributed by atoms with Gasteiger partial charge in [-0.2, -0.15) is 0 Å². The van der Waals surface area contributed by atoms with Crippen LogP contribution < -0.4 is 14.8 Å². The third-order valence-electron chi connectivity index (χ3n) is 3.40. The van der Waals surface area contributed by atoms with E-state index in [1.165, 1.54) is 11.1 Å². The van der Waals surface area contributed by atoms with Crippen molar-refractivity contribution in [2.24, 2.45) is 0 Å². The summed E-state index contributed by atoms with van der Waals surface area (Å²) in [6.07, 6.45) is 0. The summed E-state index contributed by atoms with van der Waals surface area (Å²) in [7, 11) is 0. The van der Waals surface area contributed by atoms with E-state index < -0.39 is 0 Å². The Kier molecular flexibility index (Phi) is 3.94. The molecule has 2 aromatic rings. The molecule has 0 aliphatic carbocycles. The molecule has 4 heteroatoms. The van der Waals surface area contributed by atoms with Crippen LogP contribution in [0.5, 0.6) is 11.5 Å². The lowest BCUT2D eigenvalue weighted by molar-refractivity contribution is 0.174. The number of hydrogen-bond acceptors (Lipinski definition) is 3. The summed E-state index contributed by atoms with van der Waals surface area (Å²) in [5, 5.41) is 3.52. The van der Waals surface area contributed by atoms with Gasteiger partial charge in [-0.1, -0.05) is 34.1 Å². The largest absolute Gasteiger partial charge is 0.454 e. The summed E-state index contributed by atoms with van der Waals surface area (Å²) in [4.78, 5) is 0. The van der Waals surface area contributed by atoms with E-state index in [4.69, 9.17) is 9.47 Å². The Balaban J connectivity index is 1.66. The van der Waals surface area contributed by atoms with Gasteiger partial charge in [0.15, 0.2) is 11.5 Å². The van der Waals surface area contributed by atoms with Gasteiger partial charge < -0.3 is 14.8 Å². The van der Waals surface area contributed by atoms with Gasteiger partial charge in [-0.15, -0.1) is 0 Å². The van der Waals surface area contributed by atoms with Crippen LogP contribution in [0.25, 0.3) is 0 Å². The molecule has 0 amide bonds. The summed E-state index contributed by atoms with van der Waals surface area (Å²) in [6.45, 7) is 3.29. The maximum Gasteiger partial charge on any atom is 0.231 e.